The zero-order valence-corrected chi connectivity index (χ0v) is 10.6. The van der Waals surface area contributed by atoms with Crippen molar-refractivity contribution >= 4 is 27.8 Å². The first-order valence-corrected chi connectivity index (χ1v) is 5.93. The van der Waals surface area contributed by atoms with E-state index in [1.807, 2.05) is 30.3 Å². The third kappa shape index (κ3) is 3.11. The lowest BCUT2D eigenvalue weighted by Gasteiger charge is -1.98. The maximum atomic E-state index is 11.9. The summed E-state index contributed by atoms with van der Waals surface area (Å²) < 4.78 is 0.806. The molecule has 0 amide bonds. The van der Waals surface area contributed by atoms with Crippen LogP contribution in [0.25, 0.3) is 6.08 Å². The fourth-order valence-corrected chi connectivity index (χ4v) is 1.88. The zero-order valence-electron chi connectivity index (χ0n) is 9.01. The number of hydrogen-bond donors (Lipinski definition) is 0. The van der Waals surface area contributed by atoms with Gasteiger partial charge in [0.1, 0.15) is 0 Å². The Hall–Kier alpha value is -1.74. The lowest BCUT2D eigenvalue weighted by atomic mass is 10.1. The van der Waals surface area contributed by atoms with Gasteiger partial charge in [-0.2, -0.15) is 0 Å². The van der Waals surface area contributed by atoms with Crippen molar-refractivity contribution in [2.24, 2.45) is 0 Å². The van der Waals surface area contributed by atoms with Crippen molar-refractivity contribution in [3.8, 4) is 0 Å². The van der Waals surface area contributed by atoms with E-state index >= 15 is 0 Å². The molecule has 0 unspecified atom stereocenters. The molecule has 0 bridgehead atoms. The van der Waals surface area contributed by atoms with E-state index in [-0.39, 0.29) is 5.78 Å². The van der Waals surface area contributed by atoms with E-state index in [2.05, 4.69) is 20.9 Å². The summed E-state index contributed by atoms with van der Waals surface area (Å²) in [6.45, 7) is 0. The summed E-state index contributed by atoms with van der Waals surface area (Å²) in [6.07, 6.45) is 6.72. The number of carbonyl (C=O) groups excluding carboxylic acids is 1. The van der Waals surface area contributed by atoms with Gasteiger partial charge in [0.2, 0.25) is 0 Å². The molecule has 1 heterocycles. The molecule has 1 aromatic heterocycles. The average Bonchev–Trinajstić information content (AvgIpc) is 2.38. The molecule has 2 aromatic rings. The number of carbonyl (C=O) groups is 1. The van der Waals surface area contributed by atoms with Gasteiger partial charge in [-0.25, -0.2) is 0 Å². The Morgan fingerprint density at radius 1 is 1.18 bits per heavy atom. The molecule has 0 N–H and O–H groups in total. The fraction of sp³-hybridized carbons (Fsp3) is 0. The van der Waals surface area contributed by atoms with Gasteiger partial charge < -0.3 is 0 Å². The summed E-state index contributed by atoms with van der Waals surface area (Å²) in [5.41, 5.74) is 1.57. The second-order valence-electron chi connectivity index (χ2n) is 3.46. The van der Waals surface area contributed by atoms with E-state index in [9.17, 15) is 4.79 Å². The maximum Gasteiger partial charge on any atom is 0.186 e. The quantitative estimate of drug-likeness (QED) is 0.636. The van der Waals surface area contributed by atoms with E-state index in [1.165, 1.54) is 0 Å². The molecule has 0 spiro atoms. The Balaban J connectivity index is 2.18. The Kier molecular flexibility index (Phi) is 3.83. The van der Waals surface area contributed by atoms with Crippen LogP contribution in [0.15, 0.2) is 59.3 Å². The highest BCUT2D eigenvalue weighted by Gasteiger charge is 2.04. The lowest BCUT2D eigenvalue weighted by molar-refractivity contribution is 0.104. The van der Waals surface area contributed by atoms with Gasteiger partial charge in [-0.15, -0.1) is 0 Å². The van der Waals surface area contributed by atoms with Crippen molar-refractivity contribution in [3.05, 3.63) is 70.5 Å². The molecule has 1 aromatic carbocycles. The highest BCUT2D eigenvalue weighted by molar-refractivity contribution is 9.10. The van der Waals surface area contributed by atoms with Gasteiger partial charge in [-0.05, 0) is 35.9 Å². The molecule has 0 atom stereocenters. The molecule has 0 radical (unpaired) electrons. The van der Waals surface area contributed by atoms with Gasteiger partial charge in [0, 0.05) is 22.4 Å². The first kappa shape index (κ1) is 11.7. The van der Waals surface area contributed by atoms with Gasteiger partial charge in [0.05, 0.1) is 0 Å². The topological polar surface area (TPSA) is 30.0 Å². The minimum absolute atomic E-state index is 0.0265. The van der Waals surface area contributed by atoms with Crippen LogP contribution in [0.1, 0.15) is 15.9 Å². The Morgan fingerprint density at radius 3 is 2.71 bits per heavy atom. The van der Waals surface area contributed by atoms with Crippen molar-refractivity contribution in [1.82, 2.24) is 4.98 Å². The van der Waals surface area contributed by atoms with Gasteiger partial charge in [-0.1, -0.05) is 34.1 Å². The number of rotatable bonds is 3. The lowest BCUT2D eigenvalue weighted by Crippen LogP contribution is -1.94. The molecule has 0 fully saturated rings. The highest BCUT2D eigenvalue weighted by Crippen LogP contribution is 2.17. The maximum absolute atomic E-state index is 11.9. The first-order valence-electron chi connectivity index (χ1n) is 5.14. The van der Waals surface area contributed by atoms with E-state index in [0.29, 0.717) is 5.56 Å². The van der Waals surface area contributed by atoms with Crippen LogP contribution in [-0.2, 0) is 0 Å². The van der Waals surface area contributed by atoms with E-state index in [1.54, 1.807) is 30.6 Å². The standard InChI is InChI=1S/C14H10BrNO/c15-13-6-2-1-5-12(13)14(17)8-7-11-4-3-9-16-10-11/h1-10H/b8-7+. The normalized spacial score (nSPS) is 10.6. The average molecular weight is 288 g/mol. The van der Waals surface area contributed by atoms with Crippen LogP contribution in [0.4, 0.5) is 0 Å². The van der Waals surface area contributed by atoms with Crippen LogP contribution in [-0.4, -0.2) is 10.8 Å². The molecule has 0 aliphatic heterocycles. The first-order chi connectivity index (χ1) is 8.27. The molecule has 0 saturated carbocycles. The SMILES string of the molecule is O=C(/C=C/c1cccnc1)c1ccccc1Br. The molecular formula is C14H10BrNO. The smallest absolute Gasteiger partial charge is 0.186 e. The van der Waals surface area contributed by atoms with Crippen LogP contribution in [0.5, 0.6) is 0 Å². The van der Waals surface area contributed by atoms with Gasteiger partial charge in [0.15, 0.2) is 5.78 Å². The van der Waals surface area contributed by atoms with Crippen LogP contribution in [0.2, 0.25) is 0 Å². The van der Waals surface area contributed by atoms with Crippen molar-refractivity contribution in [2.45, 2.75) is 0 Å². The number of ketones is 1. The van der Waals surface area contributed by atoms with Gasteiger partial charge in [-0.3, -0.25) is 9.78 Å². The van der Waals surface area contributed by atoms with Gasteiger partial charge in [0.25, 0.3) is 0 Å². The second kappa shape index (κ2) is 5.55. The monoisotopic (exact) mass is 287 g/mol. The third-order valence-electron chi connectivity index (χ3n) is 2.25. The van der Waals surface area contributed by atoms with Crippen LogP contribution < -0.4 is 0 Å². The molecular weight excluding hydrogens is 278 g/mol. The number of aromatic nitrogens is 1. The third-order valence-corrected chi connectivity index (χ3v) is 2.94. The molecule has 2 nitrogen and oxygen atoms in total. The van der Waals surface area contributed by atoms with Gasteiger partial charge >= 0.3 is 0 Å². The summed E-state index contributed by atoms with van der Waals surface area (Å²) >= 11 is 3.36. The van der Waals surface area contributed by atoms with E-state index in [4.69, 9.17) is 0 Å². The number of pyridine rings is 1. The predicted octanol–water partition coefficient (Wildman–Crippen LogP) is 3.74. The molecule has 0 saturated heterocycles. The Bertz CT molecular complexity index is 549. The van der Waals surface area contributed by atoms with Crippen molar-refractivity contribution in [3.63, 3.8) is 0 Å². The summed E-state index contributed by atoms with van der Waals surface area (Å²) in [7, 11) is 0. The number of hydrogen-bond acceptors (Lipinski definition) is 2. The van der Waals surface area contributed by atoms with E-state index < -0.39 is 0 Å². The number of benzene rings is 1. The molecule has 3 heteroatoms. The Morgan fingerprint density at radius 2 is 2.00 bits per heavy atom. The number of nitrogens with zero attached hydrogens (tertiary/aromatic N) is 1. The van der Waals surface area contributed by atoms with Crippen molar-refractivity contribution < 1.29 is 4.79 Å². The molecule has 2 rings (SSSR count). The summed E-state index contributed by atoms with van der Waals surface area (Å²) in [5, 5.41) is 0. The predicted molar refractivity (Wildman–Crippen MR) is 71.7 cm³/mol. The summed E-state index contributed by atoms with van der Waals surface area (Å²) in [4.78, 5) is 15.9. The fourth-order valence-electron chi connectivity index (χ4n) is 1.40. The van der Waals surface area contributed by atoms with Crippen LogP contribution in [0, 0.1) is 0 Å². The van der Waals surface area contributed by atoms with Crippen molar-refractivity contribution in [2.75, 3.05) is 0 Å². The largest absolute Gasteiger partial charge is 0.289 e. The molecule has 84 valence electrons. The minimum atomic E-state index is -0.0265. The number of allylic oxidation sites excluding steroid dienone is 1. The van der Waals surface area contributed by atoms with Crippen LogP contribution >= 0.6 is 15.9 Å². The zero-order chi connectivity index (χ0) is 12.1. The van der Waals surface area contributed by atoms with E-state index in [0.717, 1.165) is 10.0 Å². The Labute approximate surface area is 108 Å². The van der Waals surface area contributed by atoms with Crippen molar-refractivity contribution in [1.29, 1.82) is 0 Å². The van der Waals surface area contributed by atoms with Crippen LogP contribution in [0.3, 0.4) is 0 Å². The minimum Gasteiger partial charge on any atom is -0.289 e. The summed E-state index contributed by atoms with van der Waals surface area (Å²) in [6, 6.07) is 11.1. The highest BCUT2D eigenvalue weighted by atomic mass is 79.9. The molecule has 17 heavy (non-hydrogen) atoms. The second-order valence-corrected chi connectivity index (χ2v) is 4.32. The summed E-state index contributed by atoms with van der Waals surface area (Å²) in [5.74, 6) is -0.0265. The molecule has 0 aliphatic rings. The number of halogens is 1. The molecule has 0 aliphatic carbocycles.